The number of thioether (sulfide) groups is 1. The highest BCUT2D eigenvalue weighted by molar-refractivity contribution is 7.99. The number of likely N-dealkylation sites (N-methyl/N-ethyl adjacent to an activating group) is 1. The number of aromatic nitrogens is 1. The van der Waals surface area contributed by atoms with E-state index in [0.717, 1.165) is 22.3 Å². The van der Waals surface area contributed by atoms with Crippen LogP contribution in [0, 0.1) is 6.92 Å². The van der Waals surface area contributed by atoms with Gasteiger partial charge >= 0.3 is 0 Å². The Morgan fingerprint density at radius 2 is 2.56 bits per heavy atom. The number of nitrogens with zero attached hydrogens (tertiary/aromatic N) is 2. The van der Waals surface area contributed by atoms with Crippen LogP contribution < -0.4 is 5.32 Å². The molecule has 0 bridgehead atoms. The van der Waals surface area contributed by atoms with E-state index in [1.807, 2.05) is 19.4 Å². The van der Waals surface area contributed by atoms with Crippen molar-refractivity contribution in [3.05, 3.63) is 16.1 Å². The maximum absolute atomic E-state index is 12.0. The third-order valence-corrected chi connectivity index (χ3v) is 4.22. The minimum absolute atomic E-state index is 0.0188. The molecule has 1 aromatic heterocycles. The number of carbonyl (C=O) groups is 1. The summed E-state index contributed by atoms with van der Waals surface area (Å²) in [4.78, 5) is 18.1. The van der Waals surface area contributed by atoms with Crippen molar-refractivity contribution < 1.29 is 4.79 Å². The molecule has 1 saturated heterocycles. The molecule has 1 fully saturated rings. The van der Waals surface area contributed by atoms with Crippen LogP contribution in [0.15, 0.2) is 5.38 Å². The second-order valence-electron chi connectivity index (χ2n) is 3.82. The highest BCUT2D eigenvalue weighted by Gasteiger charge is 2.25. The maximum Gasteiger partial charge on any atom is 0.240 e. The Balaban J connectivity index is 1.91. The van der Waals surface area contributed by atoms with Crippen molar-refractivity contribution in [3.63, 3.8) is 0 Å². The summed E-state index contributed by atoms with van der Waals surface area (Å²) in [5, 5.41) is 6.24. The number of rotatable bonds is 3. The smallest absolute Gasteiger partial charge is 0.240 e. The molecule has 2 heterocycles. The van der Waals surface area contributed by atoms with Gasteiger partial charge in [-0.15, -0.1) is 23.1 Å². The van der Waals surface area contributed by atoms with E-state index >= 15 is 0 Å². The topological polar surface area (TPSA) is 45.2 Å². The van der Waals surface area contributed by atoms with Crippen molar-refractivity contribution in [2.24, 2.45) is 0 Å². The van der Waals surface area contributed by atoms with Gasteiger partial charge < -0.3 is 4.90 Å². The van der Waals surface area contributed by atoms with Crippen LogP contribution in [0.4, 0.5) is 0 Å². The first-order valence-electron chi connectivity index (χ1n) is 5.14. The average Bonchev–Trinajstić information content (AvgIpc) is 2.88. The number of carbonyl (C=O) groups excluding carboxylic acids is 1. The Kier molecular flexibility index (Phi) is 3.83. The molecule has 1 aliphatic heterocycles. The van der Waals surface area contributed by atoms with Crippen molar-refractivity contribution in [1.29, 1.82) is 0 Å². The first-order chi connectivity index (χ1) is 7.66. The van der Waals surface area contributed by atoms with Gasteiger partial charge in [0.15, 0.2) is 0 Å². The lowest BCUT2D eigenvalue weighted by molar-refractivity contribution is -0.131. The predicted octanol–water partition coefficient (Wildman–Crippen LogP) is 1.07. The summed E-state index contributed by atoms with van der Waals surface area (Å²) in [6, 6.07) is -0.0188. The normalized spacial score (nSPS) is 20.0. The molecule has 0 spiro atoms. The van der Waals surface area contributed by atoms with Crippen molar-refractivity contribution in [2.75, 3.05) is 18.7 Å². The fraction of sp³-hybridized carbons (Fsp3) is 0.600. The Labute approximate surface area is 103 Å². The lowest BCUT2D eigenvalue weighted by Gasteiger charge is -2.19. The van der Waals surface area contributed by atoms with Crippen molar-refractivity contribution in [2.45, 2.75) is 19.5 Å². The first kappa shape index (κ1) is 11.9. The highest BCUT2D eigenvalue weighted by atomic mass is 32.2. The standard InChI is InChI=1S/C10H15N3OS2/c1-7-12-8(4-16-7)3-13(2)10(14)9-5-15-6-11-9/h4,9,11H,3,5-6H2,1-2H3. The number of hydrogen-bond donors (Lipinski definition) is 1. The Morgan fingerprint density at radius 3 is 3.12 bits per heavy atom. The number of amides is 1. The minimum Gasteiger partial charge on any atom is -0.338 e. The lowest BCUT2D eigenvalue weighted by atomic mass is 10.3. The van der Waals surface area contributed by atoms with E-state index in [9.17, 15) is 4.79 Å². The third kappa shape index (κ3) is 2.75. The second-order valence-corrected chi connectivity index (χ2v) is 5.92. The molecule has 1 atom stereocenters. The van der Waals surface area contributed by atoms with Crippen molar-refractivity contribution in [1.82, 2.24) is 15.2 Å². The third-order valence-electron chi connectivity index (χ3n) is 2.46. The predicted molar refractivity (Wildman–Crippen MR) is 67.6 cm³/mol. The van der Waals surface area contributed by atoms with Crippen LogP contribution in [-0.4, -0.2) is 40.5 Å². The Bertz CT molecular complexity index is 374. The summed E-state index contributed by atoms with van der Waals surface area (Å²) in [6.45, 7) is 2.58. The monoisotopic (exact) mass is 257 g/mol. The average molecular weight is 257 g/mol. The Morgan fingerprint density at radius 1 is 1.75 bits per heavy atom. The summed E-state index contributed by atoms with van der Waals surface area (Å²) in [6.07, 6.45) is 0. The minimum atomic E-state index is -0.0188. The largest absolute Gasteiger partial charge is 0.338 e. The Hall–Kier alpha value is -0.590. The first-order valence-corrected chi connectivity index (χ1v) is 7.17. The van der Waals surface area contributed by atoms with E-state index in [-0.39, 0.29) is 11.9 Å². The molecule has 4 nitrogen and oxygen atoms in total. The van der Waals surface area contributed by atoms with Gasteiger partial charge in [0, 0.05) is 24.1 Å². The van der Waals surface area contributed by atoms with E-state index in [2.05, 4.69) is 10.3 Å². The summed E-state index contributed by atoms with van der Waals surface area (Å²) < 4.78 is 0. The van der Waals surface area contributed by atoms with Gasteiger partial charge in [0.25, 0.3) is 0 Å². The number of nitrogens with one attached hydrogen (secondary N) is 1. The molecule has 6 heteroatoms. The van der Waals surface area contributed by atoms with E-state index in [4.69, 9.17) is 0 Å². The molecule has 2 rings (SSSR count). The van der Waals surface area contributed by atoms with Crippen LogP contribution >= 0.6 is 23.1 Å². The fourth-order valence-corrected chi connectivity index (χ4v) is 3.16. The zero-order chi connectivity index (χ0) is 11.5. The molecule has 16 heavy (non-hydrogen) atoms. The van der Waals surface area contributed by atoms with Gasteiger partial charge in [-0.05, 0) is 6.92 Å². The van der Waals surface area contributed by atoms with Crippen molar-refractivity contribution in [3.8, 4) is 0 Å². The quantitative estimate of drug-likeness (QED) is 0.880. The van der Waals surface area contributed by atoms with Crippen LogP contribution in [0.3, 0.4) is 0 Å². The van der Waals surface area contributed by atoms with Crippen LogP contribution in [0.2, 0.25) is 0 Å². The van der Waals surface area contributed by atoms with Gasteiger partial charge in [-0.1, -0.05) is 0 Å². The lowest BCUT2D eigenvalue weighted by Crippen LogP contribution is -2.42. The number of hydrogen-bond acceptors (Lipinski definition) is 5. The molecule has 0 saturated carbocycles. The van der Waals surface area contributed by atoms with Crippen LogP contribution in [0.5, 0.6) is 0 Å². The van der Waals surface area contributed by atoms with Gasteiger partial charge in [-0.3, -0.25) is 10.1 Å². The van der Waals surface area contributed by atoms with Gasteiger partial charge in [-0.2, -0.15) is 0 Å². The second kappa shape index (κ2) is 5.16. The summed E-state index contributed by atoms with van der Waals surface area (Å²) in [5.74, 6) is 1.91. The summed E-state index contributed by atoms with van der Waals surface area (Å²) in [7, 11) is 1.84. The number of aryl methyl sites for hydroxylation is 1. The highest BCUT2D eigenvalue weighted by Crippen LogP contribution is 2.14. The van der Waals surface area contributed by atoms with E-state index in [1.54, 1.807) is 28.0 Å². The zero-order valence-corrected chi connectivity index (χ0v) is 11.0. The van der Waals surface area contributed by atoms with Crippen LogP contribution in [0.25, 0.3) is 0 Å². The van der Waals surface area contributed by atoms with Crippen LogP contribution in [0.1, 0.15) is 10.7 Å². The molecule has 0 aromatic carbocycles. The van der Waals surface area contributed by atoms with Gasteiger partial charge in [0.2, 0.25) is 5.91 Å². The molecule has 0 aliphatic carbocycles. The molecule has 0 radical (unpaired) electrons. The van der Waals surface area contributed by atoms with E-state index in [0.29, 0.717) is 6.54 Å². The van der Waals surface area contributed by atoms with E-state index < -0.39 is 0 Å². The van der Waals surface area contributed by atoms with Gasteiger partial charge in [-0.25, -0.2) is 4.98 Å². The fourth-order valence-electron chi connectivity index (χ4n) is 1.62. The molecule has 1 aliphatic rings. The summed E-state index contributed by atoms with van der Waals surface area (Å²) in [5.41, 5.74) is 0.976. The molecule has 1 amide bonds. The molecular weight excluding hydrogens is 242 g/mol. The van der Waals surface area contributed by atoms with Crippen LogP contribution in [-0.2, 0) is 11.3 Å². The molecule has 88 valence electrons. The number of thiazole rings is 1. The molecule has 1 unspecified atom stereocenters. The molecule has 1 N–H and O–H groups in total. The zero-order valence-electron chi connectivity index (χ0n) is 9.40. The molecular formula is C10H15N3OS2. The van der Waals surface area contributed by atoms with Gasteiger partial charge in [0.1, 0.15) is 0 Å². The van der Waals surface area contributed by atoms with Gasteiger partial charge in [0.05, 0.1) is 23.3 Å². The molecule has 1 aromatic rings. The maximum atomic E-state index is 12.0. The summed E-state index contributed by atoms with van der Waals surface area (Å²) >= 11 is 3.39. The SMILES string of the molecule is Cc1nc(CN(C)C(=O)C2CSCN2)cs1. The van der Waals surface area contributed by atoms with Crippen molar-refractivity contribution >= 4 is 29.0 Å². The van der Waals surface area contributed by atoms with E-state index in [1.165, 1.54) is 0 Å².